The molecule has 7 rings (SSSR count). The zero-order chi connectivity index (χ0) is 50.1. The molecule has 0 bridgehead atoms. The SMILES string of the molecule is CC(C)(C)C1CCCO1.CC(C)(C)C1CCO1.CC(C)(C)C1CCOC1.CC(C)(C)N1CCCC1.CC(C)(C)N1CCCC1=O.CC(C)(C)N1CCOC1=O.CC(C)(C)N1CCOCC1. The van der Waals surface area contributed by atoms with Crippen molar-refractivity contribution in [2.75, 3.05) is 85.5 Å². The highest BCUT2D eigenvalue weighted by Gasteiger charge is 2.33. The number of morpholine rings is 1. The fraction of sp³-hybridized carbons (Fsp3) is 0.963. The van der Waals surface area contributed by atoms with Gasteiger partial charge in [0.15, 0.2) is 0 Å². The minimum atomic E-state index is -0.187. The molecule has 0 saturated carbocycles. The molecule has 7 heterocycles. The minimum absolute atomic E-state index is 0.0353. The zero-order valence-electron chi connectivity index (χ0n) is 46.7. The Labute approximate surface area is 402 Å². The van der Waals surface area contributed by atoms with Gasteiger partial charge in [-0.3, -0.25) is 19.5 Å². The van der Waals surface area contributed by atoms with Crippen molar-refractivity contribution in [2.24, 2.45) is 22.2 Å². The summed E-state index contributed by atoms with van der Waals surface area (Å²) < 4.78 is 26.1. The molecule has 11 heteroatoms. The second-order valence-corrected chi connectivity index (χ2v) is 26.2. The molecule has 2 amide bonds. The normalized spacial score (nSPS) is 24.5. The fourth-order valence-corrected chi connectivity index (χ4v) is 8.38. The van der Waals surface area contributed by atoms with Gasteiger partial charge in [0, 0.05) is 74.6 Å². The third-order valence-corrected chi connectivity index (χ3v) is 13.2. The van der Waals surface area contributed by atoms with E-state index in [9.17, 15) is 9.59 Å². The first-order valence-corrected chi connectivity index (χ1v) is 25.7. The van der Waals surface area contributed by atoms with E-state index in [4.69, 9.17) is 23.7 Å². The van der Waals surface area contributed by atoms with Crippen LogP contribution in [-0.4, -0.2) is 151 Å². The Balaban J connectivity index is 0.000000380. The van der Waals surface area contributed by atoms with Crippen LogP contribution in [0.1, 0.15) is 197 Å². The molecule has 0 aromatic rings. The first kappa shape index (κ1) is 61.5. The lowest BCUT2D eigenvalue weighted by molar-refractivity contribution is -0.131. The Kier molecular flexibility index (Phi) is 25.6. The highest BCUT2D eigenvalue weighted by molar-refractivity contribution is 5.78. The van der Waals surface area contributed by atoms with Crippen LogP contribution in [0.2, 0.25) is 0 Å². The van der Waals surface area contributed by atoms with Crippen molar-refractivity contribution >= 4 is 12.0 Å². The van der Waals surface area contributed by atoms with Crippen molar-refractivity contribution in [1.82, 2.24) is 19.6 Å². The van der Waals surface area contributed by atoms with Gasteiger partial charge < -0.3 is 28.6 Å². The summed E-state index contributed by atoms with van der Waals surface area (Å²) in [6, 6.07) is 0. The van der Waals surface area contributed by atoms with Gasteiger partial charge in [-0.05, 0) is 163 Å². The summed E-state index contributed by atoms with van der Waals surface area (Å²) in [4.78, 5) is 30.8. The number of hydrogen-bond donors (Lipinski definition) is 0. The Hall–Kier alpha value is -1.50. The van der Waals surface area contributed by atoms with E-state index in [1.54, 1.807) is 4.90 Å². The van der Waals surface area contributed by atoms with Gasteiger partial charge in [-0.2, -0.15) is 0 Å². The minimum Gasteiger partial charge on any atom is -0.448 e. The monoisotopic (exact) mass is 925 g/mol. The van der Waals surface area contributed by atoms with Crippen LogP contribution >= 0.6 is 0 Å². The lowest BCUT2D eigenvalue weighted by atomic mass is 9.80. The molecule has 0 radical (unpaired) electrons. The quantitative estimate of drug-likeness (QED) is 0.235. The second kappa shape index (κ2) is 27.0. The van der Waals surface area contributed by atoms with Gasteiger partial charge in [0.1, 0.15) is 6.61 Å². The molecule has 7 fully saturated rings. The van der Waals surface area contributed by atoms with Crippen LogP contribution in [0.15, 0.2) is 0 Å². The topological polar surface area (TPSA) is 93.2 Å². The van der Waals surface area contributed by atoms with E-state index >= 15 is 0 Å². The van der Waals surface area contributed by atoms with Crippen molar-refractivity contribution in [3.05, 3.63) is 0 Å². The van der Waals surface area contributed by atoms with E-state index in [1.165, 1.54) is 51.6 Å². The second-order valence-electron chi connectivity index (χ2n) is 26.2. The number of cyclic esters (lactones) is 1. The third-order valence-electron chi connectivity index (χ3n) is 13.2. The van der Waals surface area contributed by atoms with Crippen LogP contribution in [-0.2, 0) is 28.5 Å². The van der Waals surface area contributed by atoms with Crippen molar-refractivity contribution in [1.29, 1.82) is 0 Å². The molecule has 7 aliphatic heterocycles. The molecule has 3 unspecified atom stereocenters. The predicted octanol–water partition coefficient (Wildman–Crippen LogP) is 11.7. The molecular weight excluding hydrogens is 817 g/mol. The standard InChI is InChI=1S/C8H17NO.C8H15NO.C8H17N.2C8H16O.C7H13NO2.C7H14O/c1-8(2,3)9-4-6-10-7-5-9;1-8(2,3)9-6-4-5-7(9)10;1-8(2,3)9-6-4-5-7-9;1-8(2,3)7-4-5-9-6-7;1-8(2,3)7-5-4-6-9-7;1-7(2,3)8-4-5-10-6(8)9;1-7(2,3)6-4-5-8-6/h4-7H2,1-3H3;4-6H2,1-3H3;4-7H2,1-3H3;2*7H,4-6H2,1-3H3;4-5H2,1-3H3;6H,4-5H2,1-3H3. The number of nitrogens with zero attached hydrogens (tertiary/aromatic N) is 4. The predicted molar refractivity (Wildman–Crippen MR) is 272 cm³/mol. The lowest BCUT2D eigenvalue weighted by Gasteiger charge is -2.38. The van der Waals surface area contributed by atoms with Crippen LogP contribution < -0.4 is 0 Å². The smallest absolute Gasteiger partial charge is 0.410 e. The van der Waals surface area contributed by atoms with E-state index < -0.39 is 0 Å². The number of hydrogen-bond acceptors (Lipinski definition) is 9. The Bertz CT molecular complexity index is 1200. The van der Waals surface area contributed by atoms with Crippen LogP contribution in [0.4, 0.5) is 4.79 Å². The molecule has 11 nitrogen and oxygen atoms in total. The average molecular weight is 925 g/mol. The third kappa shape index (κ3) is 25.1. The van der Waals surface area contributed by atoms with Crippen LogP contribution in [0, 0.1) is 22.2 Å². The summed E-state index contributed by atoms with van der Waals surface area (Å²) in [5, 5.41) is 0. The summed E-state index contributed by atoms with van der Waals surface area (Å²) >= 11 is 0. The molecule has 0 aliphatic carbocycles. The largest absolute Gasteiger partial charge is 0.448 e. The molecule has 0 aromatic carbocycles. The van der Waals surface area contributed by atoms with Gasteiger partial charge in [-0.15, -0.1) is 0 Å². The summed E-state index contributed by atoms with van der Waals surface area (Å²) in [5.74, 6) is 1.10. The molecule has 3 atom stereocenters. The number of amides is 2. The van der Waals surface area contributed by atoms with Crippen LogP contribution in [0.25, 0.3) is 0 Å². The Morgan fingerprint density at radius 2 is 0.892 bits per heavy atom. The van der Waals surface area contributed by atoms with E-state index in [1.807, 2.05) is 25.7 Å². The van der Waals surface area contributed by atoms with Gasteiger partial charge in [0.25, 0.3) is 0 Å². The summed E-state index contributed by atoms with van der Waals surface area (Å²) in [7, 11) is 0. The maximum atomic E-state index is 11.1. The van der Waals surface area contributed by atoms with E-state index in [2.05, 4.69) is 134 Å². The van der Waals surface area contributed by atoms with E-state index in [-0.39, 0.29) is 17.2 Å². The van der Waals surface area contributed by atoms with Gasteiger partial charge in [0.05, 0.1) is 32.0 Å². The van der Waals surface area contributed by atoms with Gasteiger partial charge in [-0.1, -0.05) is 62.3 Å². The zero-order valence-corrected chi connectivity index (χ0v) is 46.7. The molecular formula is C54H108N4O7. The van der Waals surface area contributed by atoms with Crippen molar-refractivity contribution in [3.63, 3.8) is 0 Å². The average Bonchev–Trinajstić information content (AvgIpc) is 3.96. The number of likely N-dealkylation sites (tertiary alicyclic amines) is 2. The highest BCUT2D eigenvalue weighted by atomic mass is 16.6. The summed E-state index contributed by atoms with van der Waals surface area (Å²) in [6.07, 6.45) is 10.5. The molecule has 386 valence electrons. The first-order valence-electron chi connectivity index (χ1n) is 25.7. The number of carbonyl (C=O) groups excluding carboxylic acids is 2. The highest BCUT2D eigenvalue weighted by Crippen LogP contribution is 2.33. The molecule has 65 heavy (non-hydrogen) atoms. The van der Waals surface area contributed by atoms with Gasteiger partial charge in [0.2, 0.25) is 5.91 Å². The van der Waals surface area contributed by atoms with Crippen molar-refractivity contribution in [3.8, 4) is 0 Å². The number of rotatable bonds is 0. The Morgan fingerprint density at radius 3 is 1.09 bits per heavy atom. The van der Waals surface area contributed by atoms with Crippen LogP contribution in [0.5, 0.6) is 0 Å². The van der Waals surface area contributed by atoms with Gasteiger partial charge >= 0.3 is 6.09 Å². The maximum Gasteiger partial charge on any atom is 0.410 e. The van der Waals surface area contributed by atoms with E-state index in [0.29, 0.717) is 52.0 Å². The lowest BCUT2D eigenvalue weighted by Crippen LogP contribution is -2.47. The van der Waals surface area contributed by atoms with E-state index in [0.717, 1.165) is 84.6 Å². The summed E-state index contributed by atoms with van der Waals surface area (Å²) in [5.41, 5.74) is 1.87. The molecule has 0 aromatic heterocycles. The van der Waals surface area contributed by atoms with Crippen molar-refractivity contribution in [2.45, 2.75) is 231 Å². The maximum absolute atomic E-state index is 11.1. The molecule has 0 N–H and O–H groups in total. The number of carbonyl (C=O) groups is 2. The van der Waals surface area contributed by atoms with Crippen molar-refractivity contribution < 1.29 is 33.3 Å². The first-order chi connectivity index (χ1) is 29.6. The summed E-state index contributed by atoms with van der Waals surface area (Å²) in [6.45, 7) is 58.8. The van der Waals surface area contributed by atoms with Crippen LogP contribution in [0.3, 0.4) is 0 Å². The molecule has 0 spiro atoms. The fourth-order valence-electron chi connectivity index (χ4n) is 8.38. The van der Waals surface area contributed by atoms with Gasteiger partial charge in [-0.25, -0.2) is 4.79 Å². The number of ether oxygens (including phenoxy) is 5. The molecule has 7 saturated heterocycles. The Morgan fingerprint density at radius 1 is 0.415 bits per heavy atom. The molecule has 7 aliphatic rings.